The van der Waals surface area contributed by atoms with Crippen molar-refractivity contribution in [3.63, 3.8) is 0 Å². The number of nitrogens with two attached hydrogens (primary N) is 1. The molecule has 3 N–H and O–H groups in total. The number of aliphatic hydroxyl groups is 1. The minimum atomic E-state index is -4.83. The van der Waals surface area contributed by atoms with Crippen molar-refractivity contribution in [2.45, 2.75) is 50.7 Å². The number of likely N-dealkylation sites (tertiary alicyclic amines) is 1. The molecular formula is C22H24ClF6N5O3. The van der Waals surface area contributed by atoms with Crippen molar-refractivity contribution in [1.29, 1.82) is 0 Å². The second kappa shape index (κ2) is 10.9. The van der Waals surface area contributed by atoms with Gasteiger partial charge in [-0.2, -0.15) is 13.2 Å². The van der Waals surface area contributed by atoms with Crippen LogP contribution in [0.3, 0.4) is 0 Å². The smallest absolute Gasteiger partial charge is 0.391 e. The van der Waals surface area contributed by atoms with Crippen molar-refractivity contribution in [2.24, 2.45) is 5.73 Å². The number of hydrogen-bond donors (Lipinski definition) is 2. The number of imidazole rings is 1. The molecule has 0 radical (unpaired) electrons. The van der Waals surface area contributed by atoms with E-state index in [0.29, 0.717) is 12.1 Å². The predicted molar refractivity (Wildman–Crippen MR) is 119 cm³/mol. The van der Waals surface area contributed by atoms with Crippen molar-refractivity contribution < 1.29 is 41.0 Å². The van der Waals surface area contributed by atoms with Gasteiger partial charge in [0, 0.05) is 44.7 Å². The third-order valence-corrected chi connectivity index (χ3v) is 6.27. The number of alkyl halides is 3. The van der Waals surface area contributed by atoms with Gasteiger partial charge in [0.05, 0.1) is 18.3 Å². The van der Waals surface area contributed by atoms with E-state index in [1.54, 1.807) is 0 Å². The summed E-state index contributed by atoms with van der Waals surface area (Å²) in [6.45, 7) is -0.610. The molecule has 0 saturated carbocycles. The lowest BCUT2D eigenvalue weighted by molar-refractivity contribution is -0.148. The third kappa shape index (κ3) is 6.02. The molecule has 4 rings (SSSR count). The number of benzene rings is 1. The Morgan fingerprint density at radius 2 is 1.76 bits per heavy atom. The standard InChI is InChI=1S/C22H23F6N5O3.ClH/c23-14-8-16(25)15(24)6-11(14)5-12(29)7-18(35)31-3-4-33-17(10-31)19(30-21(33)22(26,27)28)20(36)32-2-1-13(34)9-32;/h6,8,12-13,34H,1-5,7,9-10,29H2;1H. The molecule has 1 saturated heterocycles. The van der Waals surface area contributed by atoms with E-state index in [1.165, 1.54) is 9.80 Å². The van der Waals surface area contributed by atoms with Gasteiger partial charge in [-0.3, -0.25) is 9.59 Å². The van der Waals surface area contributed by atoms with Crippen LogP contribution in [0.4, 0.5) is 26.3 Å². The molecule has 2 amide bonds. The van der Waals surface area contributed by atoms with Crippen molar-refractivity contribution in [2.75, 3.05) is 19.6 Å². The Labute approximate surface area is 213 Å². The summed E-state index contributed by atoms with van der Waals surface area (Å²) in [4.78, 5) is 31.7. The number of rotatable bonds is 5. The number of β-amino-alcohol motifs (C(OH)–C–C–N with tert-alkyl or cyclic N) is 1. The van der Waals surface area contributed by atoms with Gasteiger partial charge in [-0.05, 0) is 24.5 Å². The molecule has 3 heterocycles. The van der Waals surface area contributed by atoms with Crippen LogP contribution in [-0.2, 0) is 30.5 Å². The topological polar surface area (TPSA) is 105 Å². The van der Waals surface area contributed by atoms with E-state index in [4.69, 9.17) is 5.73 Å². The first-order valence-corrected chi connectivity index (χ1v) is 11.2. The summed E-state index contributed by atoms with van der Waals surface area (Å²) < 4.78 is 82.1. The van der Waals surface area contributed by atoms with Crippen LogP contribution in [-0.4, -0.2) is 68.1 Å². The van der Waals surface area contributed by atoms with Gasteiger partial charge >= 0.3 is 6.18 Å². The number of halogens is 7. The number of fused-ring (bicyclic) bond motifs is 1. The Hall–Kier alpha value is -2.84. The van der Waals surface area contributed by atoms with Crippen molar-refractivity contribution in [3.8, 4) is 0 Å². The summed E-state index contributed by atoms with van der Waals surface area (Å²) in [6.07, 6.45) is -5.95. The van der Waals surface area contributed by atoms with Crippen LogP contribution in [0, 0.1) is 17.5 Å². The second-order valence-electron chi connectivity index (χ2n) is 8.92. The van der Waals surface area contributed by atoms with Crippen molar-refractivity contribution in [1.82, 2.24) is 19.4 Å². The summed E-state index contributed by atoms with van der Waals surface area (Å²) >= 11 is 0. The summed E-state index contributed by atoms with van der Waals surface area (Å²) in [5.74, 6) is -6.24. The molecule has 1 aromatic heterocycles. The van der Waals surface area contributed by atoms with Crippen LogP contribution in [0.1, 0.15) is 40.4 Å². The first kappa shape index (κ1) is 28.7. The highest BCUT2D eigenvalue weighted by atomic mass is 35.5. The minimum absolute atomic E-state index is 0. The number of amides is 2. The van der Waals surface area contributed by atoms with Gasteiger partial charge in [0.15, 0.2) is 17.3 Å². The van der Waals surface area contributed by atoms with E-state index in [9.17, 15) is 41.0 Å². The third-order valence-electron chi connectivity index (χ3n) is 6.27. The maximum Gasteiger partial charge on any atom is 0.449 e. The van der Waals surface area contributed by atoms with Crippen molar-refractivity contribution >= 4 is 24.2 Å². The number of aliphatic hydroxyl groups excluding tert-OH is 1. The highest BCUT2D eigenvalue weighted by Gasteiger charge is 2.42. The lowest BCUT2D eigenvalue weighted by Gasteiger charge is -2.30. The van der Waals surface area contributed by atoms with E-state index in [0.717, 1.165) is 4.57 Å². The van der Waals surface area contributed by atoms with Crippen LogP contribution >= 0.6 is 12.4 Å². The lowest BCUT2D eigenvalue weighted by Crippen LogP contribution is -2.42. The monoisotopic (exact) mass is 555 g/mol. The molecule has 2 aromatic rings. The molecule has 37 heavy (non-hydrogen) atoms. The maximum absolute atomic E-state index is 13.9. The summed E-state index contributed by atoms with van der Waals surface area (Å²) in [7, 11) is 0. The van der Waals surface area contributed by atoms with Crippen LogP contribution < -0.4 is 5.73 Å². The SMILES string of the molecule is Cl.NC(CC(=O)N1CCn2c(C(F)(F)F)nc(C(=O)N3CCC(O)C3)c2C1)Cc1cc(F)c(F)cc1F. The Morgan fingerprint density at radius 3 is 2.38 bits per heavy atom. The molecular weight excluding hydrogens is 532 g/mol. The molecule has 2 aliphatic heterocycles. The number of carbonyl (C=O) groups is 2. The Bertz CT molecular complexity index is 1190. The first-order chi connectivity index (χ1) is 16.8. The molecule has 2 unspecified atom stereocenters. The van der Waals surface area contributed by atoms with E-state index >= 15 is 0 Å². The molecule has 204 valence electrons. The van der Waals surface area contributed by atoms with Crippen molar-refractivity contribution in [3.05, 3.63) is 52.4 Å². The fourth-order valence-electron chi connectivity index (χ4n) is 4.47. The van der Waals surface area contributed by atoms with E-state index in [1.807, 2.05) is 0 Å². The maximum atomic E-state index is 13.9. The molecule has 1 aromatic carbocycles. The van der Waals surface area contributed by atoms with Gasteiger partial charge in [-0.25, -0.2) is 18.2 Å². The lowest BCUT2D eigenvalue weighted by atomic mass is 10.0. The largest absolute Gasteiger partial charge is 0.449 e. The Morgan fingerprint density at radius 1 is 1.08 bits per heavy atom. The highest BCUT2D eigenvalue weighted by molar-refractivity contribution is 5.94. The number of nitrogens with zero attached hydrogens (tertiary/aromatic N) is 4. The first-order valence-electron chi connectivity index (χ1n) is 11.2. The van der Waals surface area contributed by atoms with Gasteiger partial charge in [0.25, 0.3) is 5.91 Å². The Kier molecular flexibility index (Phi) is 8.44. The van der Waals surface area contributed by atoms with E-state index < -0.39 is 59.1 Å². The zero-order chi connectivity index (χ0) is 26.4. The fourth-order valence-corrected chi connectivity index (χ4v) is 4.47. The zero-order valence-corrected chi connectivity index (χ0v) is 20.1. The average molecular weight is 556 g/mol. The number of aromatic nitrogens is 2. The van der Waals surface area contributed by atoms with Gasteiger partial charge in [-0.15, -0.1) is 12.4 Å². The average Bonchev–Trinajstić information content (AvgIpc) is 3.40. The highest BCUT2D eigenvalue weighted by Crippen LogP contribution is 2.33. The van der Waals surface area contributed by atoms with Gasteiger partial charge in [-0.1, -0.05) is 0 Å². The summed E-state index contributed by atoms with van der Waals surface area (Å²) in [6, 6.07) is 0.0446. The predicted octanol–water partition coefficient (Wildman–Crippen LogP) is 2.25. The van der Waals surface area contributed by atoms with Crippen LogP contribution in [0.25, 0.3) is 0 Å². The quantitative estimate of drug-likeness (QED) is 0.435. The normalized spacial score (nSPS) is 18.4. The molecule has 2 aliphatic rings. The molecule has 15 heteroatoms. The molecule has 2 atom stereocenters. The molecule has 1 fully saturated rings. The van der Waals surface area contributed by atoms with Gasteiger partial charge in [0.1, 0.15) is 5.82 Å². The van der Waals surface area contributed by atoms with Gasteiger partial charge in [0.2, 0.25) is 11.7 Å². The molecule has 0 spiro atoms. The van der Waals surface area contributed by atoms with Crippen LogP contribution in [0.5, 0.6) is 0 Å². The molecule has 8 nitrogen and oxygen atoms in total. The summed E-state index contributed by atoms with van der Waals surface area (Å²) in [5, 5.41) is 9.69. The van der Waals surface area contributed by atoms with E-state index in [2.05, 4.69) is 4.98 Å². The zero-order valence-electron chi connectivity index (χ0n) is 19.3. The number of carbonyl (C=O) groups excluding carboxylic acids is 2. The molecule has 0 aliphatic carbocycles. The van der Waals surface area contributed by atoms with E-state index in [-0.39, 0.29) is 75.7 Å². The van der Waals surface area contributed by atoms with Crippen LogP contribution in [0.2, 0.25) is 0 Å². The fraction of sp³-hybridized carbons (Fsp3) is 0.500. The Balaban J connectivity index is 0.00000380. The summed E-state index contributed by atoms with van der Waals surface area (Å²) in [5.41, 5.74) is 5.17. The van der Waals surface area contributed by atoms with Crippen LogP contribution in [0.15, 0.2) is 12.1 Å². The van der Waals surface area contributed by atoms with Gasteiger partial charge < -0.3 is 25.2 Å². The second-order valence-corrected chi connectivity index (χ2v) is 8.92. The minimum Gasteiger partial charge on any atom is -0.391 e. The number of hydrogen-bond acceptors (Lipinski definition) is 5. The molecule has 0 bridgehead atoms.